The Kier molecular flexibility index (Phi) is 3.33. The van der Waals surface area contributed by atoms with E-state index in [1.54, 1.807) is 11.8 Å². The Bertz CT molecular complexity index is 496. The van der Waals surface area contributed by atoms with Crippen molar-refractivity contribution in [2.45, 2.75) is 49.3 Å². The fourth-order valence-electron chi connectivity index (χ4n) is 2.16. The second-order valence-corrected chi connectivity index (χ2v) is 7.13. The summed E-state index contributed by atoms with van der Waals surface area (Å²) >= 11 is 1.70. The number of fused-ring (bicyclic) bond motifs is 1. The second-order valence-electron chi connectivity index (χ2n) is 5.95. The van der Waals surface area contributed by atoms with E-state index in [2.05, 4.69) is 63.9 Å². The Morgan fingerprint density at radius 2 is 2.00 bits per heavy atom. The number of nitriles is 1. The van der Waals surface area contributed by atoms with Gasteiger partial charge < -0.3 is 4.90 Å². The number of hydrogen-bond acceptors (Lipinski definition) is 3. The van der Waals surface area contributed by atoms with E-state index < -0.39 is 0 Å². The molecule has 0 fully saturated rings. The zero-order chi connectivity index (χ0) is 13.5. The van der Waals surface area contributed by atoms with Crippen LogP contribution in [0.15, 0.2) is 23.1 Å². The first-order chi connectivity index (χ1) is 8.34. The third-order valence-corrected chi connectivity index (χ3v) is 4.97. The summed E-state index contributed by atoms with van der Waals surface area (Å²) in [5, 5.41) is 9.25. The summed E-state index contributed by atoms with van der Waals surface area (Å²) in [6, 6.07) is 9.30. The highest BCUT2D eigenvalue weighted by Crippen LogP contribution is 2.42. The SMILES string of the molecule is CC1C(C#N)Sc2cc(C(C)(C)C)ccc2N1C. The molecule has 0 amide bonds. The van der Waals surface area contributed by atoms with E-state index in [9.17, 15) is 5.26 Å². The van der Waals surface area contributed by atoms with Crippen LogP contribution in [0.3, 0.4) is 0 Å². The molecule has 0 saturated heterocycles. The maximum absolute atomic E-state index is 9.24. The van der Waals surface area contributed by atoms with E-state index in [1.807, 2.05) is 0 Å². The highest BCUT2D eigenvalue weighted by atomic mass is 32.2. The van der Waals surface area contributed by atoms with Gasteiger partial charge in [0.05, 0.1) is 17.8 Å². The number of rotatable bonds is 0. The van der Waals surface area contributed by atoms with E-state index in [0.717, 1.165) is 0 Å². The summed E-state index contributed by atoms with van der Waals surface area (Å²) in [5.41, 5.74) is 2.72. The van der Waals surface area contributed by atoms with Crippen LogP contribution >= 0.6 is 11.8 Å². The van der Waals surface area contributed by atoms with Crippen molar-refractivity contribution in [3.8, 4) is 6.07 Å². The molecular weight excluding hydrogens is 240 g/mol. The molecule has 2 nitrogen and oxygen atoms in total. The van der Waals surface area contributed by atoms with Crippen molar-refractivity contribution in [2.75, 3.05) is 11.9 Å². The van der Waals surface area contributed by atoms with Crippen LogP contribution in [0, 0.1) is 11.3 Å². The van der Waals surface area contributed by atoms with Gasteiger partial charge in [-0.15, -0.1) is 11.8 Å². The van der Waals surface area contributed by atoms with Crippen LogP contribution in [0.5, 0.6) is 0 Å². The quantitative estimate of drug-likeness (QED) is 0.710. The maximum Gasteiger partial charge on any atom is 0.116 e. The van der Waals surface area contributed by atoms with E-state index in [1.165, 1.54) is 16.1 Å². The average molecular weight is 260 g/mol. The van der Waals surface area contributed by atoms with Crippen LogP contribution in [0.1, 0.15) is 33.3 Å². The molecule has 1 aliphatic rings. The van der Waals surface area contributed by atoms with Gasteiger partial charge in [-0.2, -0.15) is 5.26 Å². The molecular formula is C15H20N2S. The fourth-order valence-corrected chi connectivity index (χ4v) is 3.39. The predicted molar refractivity (Wildman–Crippen MR) is 78.3 cm³/mol. The van der Waals surface area contributed by atoms with E-state index in [0.29, 0.717) is 0 Å². The van der Waals surface area contributed by atoms with Crippen LogP contribution in [0.4, 0.5) is 5.69 Å². The van der Waals surface area contributed by atoms with Crippen molar-refractivity contribution in [1.82, 2.24) is 0 Å². The Balaban J connectivity index is 2.46. The van der Waals surface area contributed by atoms with Gasteiger partial charge in [0.15, 0.2) is 0 Å². The molecule has 2 atom stereocenters. The van der Waals surface area contributed by atoms with Crippen LogP contribution in [-0.4, -0.2) is 18.3 Å². The Labute approximate surface area is 114 Å². The summed E-state index contributed by atoms with van der Waals surface area (Å²) in [6.45, 7) is 8.77. The zero-order valence-electron chi connectivity index (χ0n) is 11.7. The van der Waals surface area contributed by atoms with E-state index >= 15 is 0 Å². The smallest absolute Gasteiger partial charge is 0.116 e. The highest BCUT2D eigenvalue weighted by Gasteiger charge is 2.30. The molecule has 18 heavy (non-hydrogen) atoms. The Morgan fingerprint density at radius 3 is 2.56 bits per heavy atom. The largest absolute Gasteiger partial charge is 0.369 e. The first-order valence-electron chi connectivity index (χ1n) is 6.28. The molecule has 0 N–H and O–H groups in total. The van der Waals surface area contributed by atoms with Crippen molar-refractivity contribution in [3.05, 3.63) is 23.8 Å². The third kappa shape index (κ3) is 2.22. The lowest BCUT2D eigenvalue weighted by atomic mass is 9.87. The third-order valence-electron chi connectivity index (χ3n) is 3.64. The zero-order valence-corrected chi connectivity index (χ0v) is 12.5. The van der Waals surface area contributed by atoms with E-state index in [-0.39, 0.29) is 16.7 Å². The lowest BCUT2D eigenvalue weighted by Crippen LogP contribution is -2.40. The first-order valence-corrected chi connectivity index (χ1v) is 7.16. The Hall–Kier alpha value is -1.14. The van der Waals surface area contributed by atoms with Crippen molar-refractivity contribution in [2.24, 2.45) is 0 Å². The number of benzene rings is 1. The second kappa shape index (κ2) is 4.51. The van der Waals surface area contributed by atoms with Gasteiger partial charge in [0.2, 0.25) is 0 Å². The molecule has 0 aromatic heterocycles. The maximum atomic E-state index is 9.24. The summed E-state index contributed by atoms with van der Waals surface area (Å²) in [6.07, 6.45) is 0. The lowest BCUT2D eigenvalue weighted by Gasteiger charge is -2.37. The predicted octanol–water partition coefficient (Wildman–Crippen LogP) is 3.81. The minimum atomic E-state index is 0.0118. The van der Waals surface area contributed by atoms with Crippen LogP contribution in [-0.2, 0) is 5.41 Å². The van der Waals surface area contributed by atoms with Gasteiger partial charge in [-0.1, -0.05) is 26.8 Å². The highest BCUT2D eigenvalue weighted by molar-refractivity contribution is 8.00. The fraction of sp³-hybridized carbons (Fsp3) is 0.533. The van der Waals surface area contributed by atoms with E-state index in [4.69, 9.17) is 0 Å². The molecule has 0 bridgehead atoms. The molecule has 2 unspecified atom stereocenters. The number of anilines is 1. The minimum Gasteiger partial charge on any atom is -0.369 e. The standard InChI is InChI=1S/C15H20N2S/c1-10-14(9-16)18-13-8-11(15(2,3)4)6-7-12(13)17(10)5/h6-8,10,14H,1-5H3. The monoisotopic (exact) mass is 260 g/mol. The molecule has 0 aliphatic carbocycles. The Morgan fingerprint density at radius 1 is 1.33 bits per heavy atom. The van der Waals surface area contributed by atoms with Gasteiger partial charge in [-0.05, 0) is 30.0 Å². The van der Waals surface area contributed by atoms with Crippen LogP contribution < -0.4 is 4.90 Å². The van der Waals surface area contributed by atoms with Crippen molar-refractivity contribution < 1.29 is 0 Å². The molecule has 1 aliphatic heterocycles. The summed E-state index contributed by atoms with van der Waals surface area (Å²) < 4.78 is 0. The van der Waals surface area contributed by atoms with Gasteiger partial charge in [0, 0.05) is 11.9 Å². The molecule has 2 rings (SSSR count). The number of hydrogen-bond donors (Lipinski definition) is 0. The van der Waals surface area contributed by atoms with Crippen molar-refractivity contribution in [3.63, 3.8) is 0 Å². The molecule has 0 saturated carbocycles. The van der Waals surface area contributed by atoms with Crippen LogP contribution in [0.25, 0.3) is 0 Å². The summed E-state index contributed by atoms with van der Waals surface area (Å²) in [7, 11) is 2.07. The topological polar surface area (TPSA) is 27.0 Å². The number of thioether (sulfide) groups is 1. The molecule has 1 aromatic carbocycles. The molecule has 96 valence electrons. The van der Waals surface area contributed by atoms with Gasteiger partial charge in [0.25, 0.3) is 0 Å². The first kappa shape index (κ1) is 13.3. The molecule has 1 heterocycles. The summed E-state index contributed by atoms with van der Waals surface area (Å²) in [5.74, 6) is 0. The lowest BCUT2D eigenvalue weighted by molar-refractivity contribution is 0.587. The van der Waals surface area contributed by atoms with Crippen molar-refractivity contribution >= 4 is 17.4 Å². The average Bonchev–Trinajstić information content (AvgIpc) is 2.32. The molecule has 0 radical (unpaired) electrons. The van der Waals surface area contributed by atoms with Gasteiger partial charge in [0.1, 0.15) is 5.25 Å². The molecule has 0 spiro atoms. The minimum absolute atomic E-state index is 0.0118. The number of nitrogens with zero attached hydrogens (tertiary/aromatic N) is 2. The molecule has 3 heteroatoms. The van der Waals surface area contributed by atoms with Crippen LogP contribution in [0.2, 0.25) is 0 Å². The van der Waals surface area contributed by atoms with Gasteiger partial charge in [-0.25, -0.2) is 0 Å². The van der Waals surface area contributed by atoms with Gasteiger partial charge in [-0.3, -0.25) is 0 Å². The molecule has 1 aromatic rings. The van der Waals surface area contributed by atoms with Crippen molar-refractivity contribution in [1.29, 1.82) is 5.26 Å². The normalized spacial score (nSPS) is 23.4. The van der Waals surface area contributed by atoms with Gasteiger partial charge >= 0.3 is 0 Å². The summed E-state index contributed by atoms with van der Waals surface area (Å²) in [4.78, 5) is 3.45.